The molecular weight excluding hydrogens is 260 g/mol. The van der Waals surface area contributed by atoms with Crippen LogP contribution in [0.4, 0.5) is 0 Å². The van der Waals surface area contributed by atoms with Crippen LogP contribution in [0.3, 0.4) is 0 Å². The maximum atomic E-state index is 12.3. The van der Waals surface area contributed by atoms with Crippen LogP contribution in [0, 0.1) is 0 Å². The summed E-state index contributed by atoms with van der Waals surface area (Å²) in [5, 5.41) is 17.2. The van der Waals surface area contributed by atoms with E-state index in [1.165, 1.54) is 9.58 Å². The fraction of sp³-hybridized carbons (Fsp3) is 0.692. The zero-order valence-electron chi connectivity index (χ0n) is 11.2. The van der Waals surface area contributed by atoms with Crippen LogP contribution in [0.25, 0.3) is 0 Å². The highest BCUT2D eigenvalue weighted by Gasteiger charge is 2.32. The second-order valence-corrected chi connectivity index (χ2v) is 5.55. The topological polar surface area (TPSA) is 88.3 Å². The normalized spacial score (nSPS) is 22.8. The lowest BCUT2D eigenvalue weighted by Gasteiger charge is -2.32. The minimum absolute atomic E-state index is 0.0729. The Labute approximate surface area is 116 Å². The van der Waals surface area contributed by atoms with Gasteiger partial charge in [0.1, 0.15) is 12.6 Å². The lowest BCUT2D eigenvalue weighted by atomic mass is 10.0. The molecule has 1 atom stereocenters. The molecule has 0 aromatic carbocycles. The van der Waals surface area contributed by atoms with Gasteiger partial charge in [-0.2, -0.15) is 0 Å². The number of amides is 1. The Balaban J connectivity index is 1.65. The number of carboxylic acid groups (broad SMARTS) is 1. The highest BCUT2D eigenvalue weighted by atomic mass is 16.4. The summed E-state index contributed by atoms with van der Waals surface area (Å²) in [7, 11) is 0. The smallest absolute Gasteiger partial charge is 0.326 e. The number of hydrogen-bond donors (Lipinski definition) is 1. The van der Waals surface area contributed by atoms with Gasteiger partial charge in [-0.3, -0.25) is 4.79 Å². The summed E-state index contributed by atoms with van der Waals surface area (Å²) in [5.41, 5.74) is 0.936. The molecule has 0 spiro atoms. The molecular formula is C13H18N4O3. The molecule has 1 saturated heterocycles. The summed E-state index contributed by atoms with van der Waals surface area (Å²) in [6.07, 6.45) is 6.33. The first-order valence-electron chi connectivity index (χ1n) is 7.07. The molecule has 1 aromatic rings. The van der Waals surface area contributed by atoms with Crippen LogP contribution in [0.15, 0.2) is 6.20 Å². The van der Waals surface area contributed by atoms with Crippen molar-refractivity contribution in [1.29, 1.82) is 0 Å². The molecule has 2 aliphatic rings. The zero-order valence-corrected chi connectivity index (χ0v) is 11.2. The average Bonchev–Trinajstić information content (AvgIpc) is 3.19. The number of aliphatic carboxylic acids is 1. The van der Waals surface area contributed by atoms with Crippen molar-refractivity contribution in [1.82, 2.24) is 19.9 Å². The minimum atomic E-state index is -0.921. The van der Waals surface area contributed by atoms with E-state index in [-0.39, 0.29) is 12.5 Å². The first kappa shape index (κ1) is 13.1. The monoisotopic (exact) mass is 278 g/mol. The number of rotatable bonds is 4. The molecule has 1 N–H and O–H groups in total. The number of carbonyl (C=O) groups excluding carboxylic acids is 1. The van der Waals surface area contributed by atoms with Gasteiger partial charge in [0.05, 0.1) is 5.69 Å². The lowest BCUT2D eigenvalue weighted by molar-refractivity contribution is -0.152. The Kier molecular flexibility index (Phi) is 3.42. The van der Waals surface area contributed by atoms with E-state index in [1.54, 1.807) is 6.20 Å². The van der Waals surface area contributed by atoms with Crippen molar-refractivity contribution < 1.29 is 14.7 Å². The van der Waals surface area contributed by atoms with Crippen molar-refractivity contribution in [2.24, 2.45) is 0 Å². The number of carboxylic acids is 1. The number of nitrogens with zero attached hydrogens (tertiary/aromatic N) is 4. The van der Waals surface area contributed by atoms with E-state index in [1.807, 2.05) is 0 Å². The Hall–Kier alpha value is -1.92. The van der Waals surface area contributed by atoms with E-state index >= 15 is 0 Å². The molecule has 2 heterocycles. The Morgan fingerprint density at radius 3 is 2.80 bits per heavy atom. The van der Waals surface area contributed by atoms with Crippen LogP contribution in [0.1, 0.15) is 43.7 Å². The number of likely N-dealkylation sites (tertiary alicyclic amines) is 1. The number of piperidine rings is 1. The van der Waals surface area contributed by atoms with Crippen molar-refractivity contribution in [2.45, 2.75) is 50.6 Å². The first-order chi connectivity index (χ1) is 9.65. The van der Waals surface area contributed by atoms with Crippen LogP contribution >= 0.6 is 0 Å². The molecule has 1 unspecified atom stereocenters. The van der Waals surface area contributed by atoms with Gasteiger partial charge in [-0.25, -0.2) is 9.48 Å². The van der Waals surface area contributed by atoms with E-state index in [2.05, 4.69) is 10.3 Å². The van der Waals surface area contributed by atoms with Gasteiger partial charge in [0.15, 0.2) is 0 Å². The molecule has 1 aliphatic heterocycles. The largest absolute Gasteiger partial charge is 0.480 e. The van der Waals surface area contributed by atoms with E-state index in [4.69, 9.17) is 0 Å². The van der Waals surface area contributed by atoms with Crippen molar-refractivity contribution in [3.8, 4) is 0 Å². The Bertz CT molecular complexity index is 523. The van der Waals surface area contributed by atoms with Crippen LogP contribution in [-0.4, -0.2) is 49.5 Å². The quantitative estimate of drug-likeness (QED) is 0.872. The second-order valence-electron chi connectivity index (χ2n) is 5.55. The summed E-state index contributed by atoms with van der Waals surface area (Å²) < 4.78 is 1.52. The van der Waals surface area contributed by atoms with Crippen LogP contribution in [0.2, 0.25) is 0 Å². The maximum absolute atomic E-state index is 12.3. The summed E-state index contributed by atoms with van der Waals surface area (Å²) in [5.74, 6) is -0.611. The molecule has 1 amide bonds. The van der Waals surface area contributed by atoms with E-state index in [0.29, 0.717) is 18.9 Å². The zero-order chi connectivity index (χ0) is 14.1. The molecule has 1 saturated carbocycles. The summed E-state index contributed by atoms with van der Waals surface area (Å²) >= 11 is 0. The highest BCUT2D eigenvalue weighted by molar-refractivity contribution is 5.83. The lowest BCUT2D eigenvalue weighted by Crippen LogP contribution is -2.49. The van der Waals surface area contributed by atoms with Crippen molar-refractivity contribution in [3.63, 3.8) is 0 Å². The van der Waals surface area contributed by atoms with Crippen LogP contribution in [0.5, 0.6) is 0 Å². The highest BCUT2D eigenvalue weighted by Crippen LogP contribution is 2.38. The van der Waals surface area contributed by atoms with Crippen molar-refractivity contribution in [2.75, 3.05) is 6.54 Å². The van der Waals surface area contributed by atoms with Gasteiger partial charge in [-0.05, 0) is 32.1 Å². The van der Waals surface area contributed by atoms with Gasteiger partial charge in [0.2, 0.25) is 5.91 Å². The molecule has 7 heteroatoms. The average molecular weight is 278 g/mol. The fourth-order valence-electron chi connectivity index (χ4n) is 2.67. The van der Waals surface area contributed by atoms with Gasteiger partial charge in [0.25, 0.3) is 0 Å². The molecule has 0 bridgehead atoms. The fourth-order valence-corrected chi connectivity index (χ4v) is 2.67. The third-order valence-electron chi connectivity index (χ3n) is 3.96. The van der Waals surface area contributed by atoms with Gasteiger partial charge in [0, 0.05) is 18.7 Å². The maximum Gasteiger partial charge on any atom is 0.326 e. The molecule has 1 aliphatic carbocycles. The van der Waals surface area contributed by atoms with E-state index in [0.717, 1.165) is 31.4 Å². The molecule has 108 valence electrons. The van der Waals surface area contributed by atoms with Crippen molar-refractivity contribution in [3.05, 3.63) is 11.9 Å². The first-order valence-corrected chi connectivity index (χ1v) is 7.07. The Morgan fingerprint density at radius 2 is 2.10 bits per heavy atom. The summed E-state index contributed by atoms with van der Waals surface area (Å²) in [6, 6.07) is -0.692. The number of carbonyl (C=O) groups is 2. The van der Waals surface area contributed by atoms with Gasteiger partial charge < -0.3 is 10.0 Å². The molecule has 2 fully saturated rings. The molecule has 0 radical (unpaired) electrons. The van der Waals surface area contributed by atoms with E-state index < -0.39 is 12.0 Å². The predicted octanol–water partition coefficient (Wildman–Crippen LogP) is 0.621. The second kappa shape index (κ2) is 5.22. The third-order valence-corrected chi connectivity index (χ3v) is 3.96. The van der Waals surface area contributed by atoms with Gasteiger partial charge in [-0.1, -0.05) is 5.21 Å². The third kappa shape index (κ3) is 2.66. The van der Waals surface area contributed by atoms with Crippen LogP contribution < -0.4 is 0 Å². The minimum Gasteiger partial charge on any atom is -0.480 e. The SMILES string of the molecule is O=C(O)C1CCCCN1C(=O)Cn1cc(C2CC2)nn1. The molecule has 20 heavy (non-hydrogen) atoms. The summed E-state index contributed by atoms with van der Waals surface area (Å²) in [6.45, 7) is 0.587. The molecule has 3 rings (SSSR count). The van der Waals surface area contributed by atoms with Gasteiger partial charge >= 0.3 is 5.97 Å². The molecule has 7 nitrogen and oxygen atoms in total. The van der Waals surface area contributed by atoms with Crippen LogP contribution in [-0.2, 0) is 16.1 Å². The number of hydrogen-bond acceptors (Lipinski definition) is 4. The summed E-state index contributed by atoms with van der Waals surface area (Å²) in [4.78, 5) is 24.9. The predicted molar refractivity (Wildman–Crippen MR) is 69.0 cm³/mol. The van der Waals surface area contributed by atoms with Crippen molar-refractivity contribution >= 4 is 11.9 Å². The number of aromatic nitrogens is 3. The van der Waals surface area contributed by atoms with E-state index in [9.17, 15) is 14.7 Å². The van der Waals surface area contributed by atoms with Gasteiger partial charge in [-0.15, -0.1) is 5.10 Å². The standard InChI is InChI=1S/C13H18N4O3/c18-12(17-6-2-1-3-11(17)13(19)20)8-16-7-10(14-15-16)9-4-5-9/h7,9,11H,1-6,8H2,(H,19,20). The molecule has 1 aromatic heterocycles. The Morgan fingerprint density at radius 1 is 1.30 bits per heavy atom.